The second-order valence-corrected chi connectivity index (χ2v) is 10.1. The first-order valence-electron chi connectivity index (χ1n) is 10.2. The van der Waals surface area contributed by atoms with Gasteiger partial charge in [0, 0.05) is 6.21 Å². The Bertz CT molecular complexity index is 1180. The molecule has 0 spiro atoms. The van der Waals surface area contributed by atoms with Gasteiger partial charge in [-0.05, 0) is 49.7 Å². The Morgan fingerprint density at radius 1 is 1.06 bits per heavy atom. The zero-order valence-electron chi connectivity index (χ0n) is 17.7. The van der Waals surface area contributed by atoms with Crippen molar-refractivity contribution < 1.29 is 32.0 Å². The topological polar surface area (TPSA) is 85.3 Å². The molecule has 0 N–H and O–H groups in total. The van der Waals surface area contributed by atoms with Gasteiger partial charge in [-0.15, -0.1) is 0 Å². The number of carbonyl (C=O) groups excluding carboxylic acids is 2. The van der Waals surface area contributed by atoms with Gasteiger partial charge < -0.3 is 9.05 Å². The monoisotopic (exact) mass is 496 g/mol. The zero-order chi connectivity index (χ0) is 24.0. The van der Waals surface area contributed by atoms with Crippen molar-refractivity contribution in [2.24, 2.45) is 16.8 Å². The Hall–Kier alpha value is -2.45. The van der Waals surface area contributed by atoms with Gasteiger partial charge >= 0.3 is 7.60 Å². The lowest BCUT2D eigenvalue weighted by Gasteiger charge is -2.37. The maximum atomic E-state index is 14.2. The second kappa shape index (κ2) is 8.72. The molecule has 7 nitrogen and oxygen atoms in total. The van der Waals surface area contributed by atoms with Crippen LogP contribution in [0.2, 0.25) is 5.02 Å². The van der Waals surface area contributed by atoms with Crippen LogP contribution < -0.4 is 4.90 Å². The molecule has 2 aliphatic heterocycles. The number of aliphatic imine (C=N–C) groups is 1. The van der Waals surface area contributed by atoms with E-state index < -0.39 is 48.2 Å². The van der Waals surface area contributed by atoms with E-state index in [0.717, 1.165) is 29.2 Å². The molecule has 11 heteroatoms. The van der Waals surface area contributed by atoms with Crippen molar-refractivity contribution in [2.75, 3.05) is 18.1 Å². The van der Waals surface area contributed by atoms with Gasteiger partial charge in [0.25, 0.3) is 0 Å². The average Bonchev–Trinajstić information content (AvgIpc) is 3.29. The molecule has 174 valence electrons. The second-order valence-electron chi connectivity index (χ2n) is 7.46. The third-order valence-corrected chi connectivity index (χ3v) is 8.64. The van der Waals surface area contributed by atoms with Gasteiger partial charge in [-0.2, -0.15) is 0 Å². The number of benzene rings is 2. The lowest BCUT2D eigenvalue weighted by atomic mass is 9.87. The number of anilines is 1. The first-order valence-corrected chi connectivity index (χ1v) is 12.2. The van der Waals surface area contributed by atoms with Crippen LogP contribution in [0.4, 0.5) is 14.5 Å². The number of nitrogens with zero attached hydrogens (tertiary/aromatic N) is 2. The van der Waals surface area contributed by atoms with Crippen molar-refractivity contribution in [1.82, 2.24) is 0 Å². The maximum absolute atomic E-state index is 14.2. The largest absolute Gasteiger partial charge is 0.363 e. The molecule has 2 aromatic rings. The van der Waals surface area contributed by atoms with Gasteiger partial charge in [0.05, 0.1) is 35.8 Å². The third kappa shape index (κ3) is 3.54. The smallest absolute Gasteiger partial charge is 0.307 e. The highest BCUT2D eigenvalue weighted by Crippen LogP contribution is 2.72. The number of halogens is 3. The normalized spacial score (nSPS) is 24.6. The van der Waals surface area contributed by atoms with Crippen molar-refractivity contribution in [3.05, 3.63) is 64.7 Å². The van der Waals surface area contributed by atoms with Crippen LogP contribution in [0.3, 0.4) is 0 Å². The minimum atomic E-state index is -4.21. The van der Waals surface area contributed by atoms with Gasteiger partial charge in [0.15, 0.2) is 5.28 Å². The Morgan fingerprint density at radius 3 is 2.27 bits per heavy atom. The summed E-state index contributed by atoms with van der Waals surface area (Å²) in [6.07, 6.45) is 1.25. The highest BCUT2D eigenvalue weighted by atomic mass is 35.5. The predicted molar refractivity (Wildman–Crippen MR) is 118 cm³/mol. The van der Waals surface area contributed by atoms with E-state index in [1.165, 1.54) is 24.4 Å². The minimum Gasteiger partial charge on any atom is -0.307 e. The van der Waals surface area contributed by atoms with Crippen molar-refractivity contribution in [2.45, 2.75) is 19.1 Å². The molecule has 0 unspecified atom stereocenters. The number of hydrogen-bond donors (Lipinski definition) is 0. The molecule has 1 fully saturated rings. The summed E-state index contributed by atoms with van der Waals surface area (Å²) in [5.41, 5.74) is 0.271. The van der Waals surface area contributed by atoms with Gasteiger partial charge in [-0.25, -0.2) is 13.7 Å². The summed E-state index contributed by atoms with van der Waals surface area (Å²) in [5, 5.41) is -2.18. The fraction of sp³-hybridized carbons (Fsp3) is 0.318. The fourth-order valence-electron chi connectivity index (χ4n) is 4.34. The molecule has 0 radical (unpaired) electrons. The molecule has 2 aromatic carbocycles. The van der Waals surface area contributed by atoms with Crippen LogP contribution in [0.15, 0.2) is 47.5 Å². The van der Waals surface area contributed by atoms with Crippen LogP contribution in [0.1, 0.15) is 19.4 Å². The molecule has 3 atom stereocenters. The molecular weight excluding hydrogens is 477 g/mol. The van der Waals surface area contributed by atoms with E-state index in [0.29, 0.717) is 0 Å². The van der Waals surface area contributed by atoms with Gasteiger partial charge in [0.2, 0.25) is 11.8 Å². The Labute approximate surface area is 193 Å². The molecule has 0 bridgehead atoms. The molecule has 4 rings (SSSR count). The highest BCUT2D eigenvalue weighted by molar-refractivity contribution is 7.55. The van der Waals surface area contributed by atoms with Gasteiger partial charge in [0.1, 0.15) is 11.6 Å². The van der Waals surface area contributed by atoms with Crippen LogP contribution in [0, 0.1) is 23.5 Å². The van der Waals surface area contributed by atoms with Crippen LogP contribution >= 0.6 is 19.2 Å². The fourth-order valence-corrected chi connectivity index (χ4v) is 6.95. The van der Waals surface area contributed by atoms with Gasteiger partial charge in [-0.1, -0.05) is 23.7 Å². The van der Waals surface area contributed by atoms with E-state index in [4.69, 9.17) is 20.6 Å². The van der Waals surface area contributed by atoms with Crippen molar-refractivity contribution in [3.8, 4) is 0 Å². The summed E-state index contributed by atoms with van der Waals surface area (Å²) in [6, 6.07) is 8.42. The van der Waals surface area contributed by atoms with Crippen LogP contribution in [0.5, 0.6) is 0 Å². The summed E-state index contributed by atoms with van der Waals surface area (Å²) < 4.78 is 52.7. The summed E-state index contributed by atoms with van der Waals surface area (Å²) in [7, 11) is -4.21. The zero-order valence-corrected chi connectivity index (χ0v) is 19.4. The van der Waals surface area contributed by atoms with Crippen molar-refractivity contribution >= 4 is 42.9 Å². The summed E-state index contributed by atoms with van der Waals surface area (Å²) in [6.45, 7) is 3.17. The SMILES string of the molecule is CCOP(=O)(OCC)[C@]1(c2ccc(F)cc2)N=C[C@H]2C(=O)N(c3ccc(F)c(Cl)c3)C(=O)[C@H]21. The molecule has 33 heavy (non-hydrogen) atoms. The number of imide groups is 1. The lowest BCUT2D eigenvalue weighted by Crippen LogP contribution is -2.40. The number of amides is 2. The molecule has 2 amide bonds. The van der Waals surface area contributed by atoms with E-state index in [1.54, 1.807) is 13.8 Å². The first-order chi connectivity index (χ1) is 15.7. The number of rotatable bonds is 7. The maximum Gasteiger partial charge on any atom is 0.363 e. The molecular formula is C22H20ClF2N2O5P. The standard InChI is InChI=1S/C22H20ClF2N2O5P/c1-3-31-33(30,32-4-2)22(13-5-7-14(24)8-6-13)19-16(12-26-22)20(28)27(21(19)29)15-9-10-18(25)17(23)11-15/h5-12,16,19H,3-4H2,1-2H3/t16-,19+,22+/m1/s1. The van der Waals surface area contributed by atoms with E-state index in [1.807, 2.05) is 0 Å². The number of carbonyl (C=O) groups is 2. The third-order valence-electron chi connectivity index (χ3n) is 5.66. The van der Waals surface area contributed by atoms with Crippen LogP contribution in [-0.2, 0) is 28.5 Å². The molecule has 0 saturated carbocycles. The lowest BCUT2D eigenvalue weighted by molar-refractivity contribution is -0.123. The Morgan fingerprint density at radius 2 is 1.70 bits per heavy atom. The molecule has 0 aliphatic carbocycles. The van der Waals surface area contributed by atoms with Crippen LogP contribution in [0.25, 0.3) is 0 Å². The van der Waals surface area contributed by atoms with E-state index in [-0.39, 0.29) is 29.5 Å². The Balaban J connectivity index is 1.91. The molecule has 2 aliphatic rings. The summed E-state index contributed by atoms with van der Waals surface area (Å²) in [5.74, 6) is -5.00. The van der Waals surface area contributed by atoms with E-state index in [2.05, 4.69) is 4.99 Å². The van der Waals surface area contributed by atoms with E-state index in [9.17, 15) is 22.9 Å². The van der Waals surface area contributed by atoms with E-state index >= 15 is 0 Å². The molecule has 1 saturated heterocycles. The Kier molecular flexibility index (Phi) is 6.26. The summed E-state index contributed by atoms with van der Waals surface area (Å²) >= 11 is 5.86. The molecule has 2 heterocycles. The quantitative estimate of drug-likeness (QED) is 0.401. The van der Waals surface area contributed by atoms with Crippen molar-refractivity contribution in [1.29, 1.82) is 0 Å². The highest BCUT2D eigenvalue weighted by Gasteiger charge is 2.69. The van der Waals surface area contributed by atoms with Crippen LogP contribution in [-0.4, -0.2) is 31.2 Å². The predicted octanol–water partition coefficient (Wildman–Crippen LogP) is 4.93. The van der Waals surface area contributed by atoms with Crippen molar-refractivity contribution in [3.63, 3.8) is 0 Å². The summed E-state index contributed by atoms with van der Waals surface area (Å²) in [4.78, 5) is 32.2. The first kappa shape index (κ1) is 23.7. The molecule has 0 aromatic heterocycles. The van der Waals surface area contributed by atoms with Gasteiger partial charge in [-0.3, -0.25) is 19.1 Å². The number of hydrogen-bond acceptors (Lipinski definition) is 6. The number of fused-ring (bicyclic) bond motifs is 1. The average molecular weight is 497 g/mol. The minimum absolute atomic E-state index is 0.0213.